The second kappa shape index (κ2) is 25.7. The summed E-state index contributed by atoms with van der Waals surface area (Å²) < 4.78 is 4.48. The third-order valence-corrected chi connectivity index (χ3v) is 10.0. The Hall–Kier alpha value is -3.62. The van der Waals surface area contributed by atoms with Crippen molar-refractivity contribution in [2.75, 3.05) is 0 Å². The smallest absolute Gasteiger partial charge is 0.168 e. The molecule has 310 valence electrons. The van der Waals surface area contributed by atoms with E-state index < -0.39 is 0 Å². The van der Waals surface area contributed by atoms with Gasteiger partial charge >= 0.3 is 0 Å². The Morgan fingerprint density at radius 3 is 1.35 bits per heavy atom. The van der Waals surface area contributed by atoms with Gasteiger partial charge in [-0.2, -0.15) is 5.10 Å². The van der Waals surface area contributed by atoms with Crippen molar-refractivity contribution >= 4 is 0 Å². The molecule has 0 amide bonds. The Balaban J connectivity index is 0.000000319. The molecule has 8 rings (SSSR count). The van der Waals surface area contributed by atoms with Crippen molar-refractivity contribution < 1.29 is 50.4 Å². The van der Waals surface area contributed by atoms with E-state index in [1.54, 1.807) is 13.8 Å². The molecular weight excluding hydrogens is 1060 g/mol. The van der Waals surface area contributed by atoms with Crippen LogP contribution in [0.25, 0.3) is 34.2 Å². The van der Waals surface area contributed by atoms with Crippen molar-refractivity contribution in [1.29, 1.82) is 0 Å². The summed E-state index contributed by atoms with van der Waals surface area (Å²) >= 11 is 0. The molecule has 2 aromatic heterocycles. The van der Waals surface area contributed by atoms with E-state index in [2.05, 4.69) is 114 Å². The summed E-state index contributed by atoms with van der Waals surface area (Å²) in [5, 5.41) is 35.4. The molecule has 2 aliphatic rings. The molecule has 8 nitrogen and oxygen atoms in total. The molecule has 0 saturated heterocycles. The molecule has 2 N–H and O–H groups in total. The fraction of sp³-hybridized carbons (Fsp3) is 0.404. The molecule has 2 fully saturated rings. The second-order valence-electron chi connectivity index (χ2n) is 14.4. The first-order valence-electron chi connectivity index (χ1n) is 19.4. The molecule has 0 spiro atoms. The van der Waals surface area contributed by atoms with Gasteiger partial charge in [-0.25, -0.2) is 0 Å². The van der Waals surface area contributed by atoms with Crippen LogP contribution in [-0.2, 0) is 40.2 Å². The number of nitrogens with zero attached hydrogens (tertiary/aromatic N) is 6. The van der Waals surface area contributed by atoms with Crippen LogP contribution in [0.3, 0.4) is 0 Å². The number of aliphatic hydroxyl groups is 2. The zero-order chi connectivity index (χ0) is 36.8. The molecule has 2 radical (unpaired) electrons. The van der Waals surface area contributed by atoms with Gasteiger partial charge < -0.3 is 14.8 Å². The summed E-state index contributed by atoms with van der Waals surface area (Å²) in [5.41, 5.74) is 4.39. The van der Waals surface area contributed by atoms with E-state index in [1.165, 1.54) is 64.2 Å². The predicted octanol–water partition coefficient (Wildman–Crippen LogP) is 11.2. The van der Waals surface area contributed by atoms with Crippen LogP contribution in [0.15, 0.2) is 115 Å². The molecule has 2 aliphatic carbocycles. The third-order valence-electron chi connectivity index (χ3n) is 10.0. The van der Waals surface area contributed by atoms with Gasteiger partial charge in [0.2, 0.25) is 0 Å². The van der Waals surface area contributed by atoms with Crippen LogP contribution in [0.5, 0.6) is 0 Å². The van der Waals surface area contributed by atoms with Gasteiger partial charge in [0.05, 0.1) is 18.0 Å². The fourth-order valence-corrected chi connectivity index (χ4v) is 7.48. The van der Waals surface area contributed by atoms with Gasteiger partial charge in [0.25, 0.3) is 0 Å². The minimum atomic E-state index is -0.375. The van der Waals surface area contributed by atoms with Crippen molar-refractivity contribution in [3.8, 4) is 34.2 Å². The van der Waals surface area contributed by atoms with Gasteiger partial charge in [-0.05, 0) is 70.2 Å². The molecule has 57 heavy (non-hydrogen) atoms. The van der Waals surface area contributed by atoms with Crippen LogP contribution >= 0.6 is 0 Å². The number of para-hydroxylation sites is 2. The first-order valence-corrected chi connectivity index (χ1v) is 19.4. The van der Waals surface area contributed by atoms with E-state index in [-0.39, 0.29) is 67.3 Å². The molecule has 2 saturated carbocycles. The van der Waals surface area contributed by atoms with Gasteiger partial charge in [0.15, 0.2) is 5.82 Å². The Morgan fingerprint density at radius 1 is 0.544 bits per heavy atom. The van der Waals surface area contributed by atoms with Gasteiger partial charge in [-0.1, -0.05) is 120 Å². The maximum Gasteiger partial charge on any atom is 0.168 e. The van der Waals surface area contributed by atoms with Gasteiger partial charge in [-0.3, -0.25) is 4.57 Å². The number of aliphatic hydroxyl groups excluding tert-OH is 2. The zero-order valence-electron chi connectivity index (χ0n) is 31.8. The van der Waals surface area contributed by atoms with Crippen molar-refractivity contribution in [1.82, 2.24) is 29.5 Å². The average molecular weight is 1130 g/mol. The minimum absolute atomic E-state index is 0. The van der Waals surface area contributed by atoms with Crippen LogP contribution in [0.4, 0.5) is 0 Å². The fourth-order valence-electron chi connectivity index (χ4n) is 7.48. The second-order valence-corrected chi connectivity index (χ2v) is 14.4. The summed E-state index contributed by atoms with van der Waals surface area (Å²) in [4.78, 5) is 0. The van der Waals surface area contributed by atoms with E-state index >= 15 is 0 Å². The first-order chi connectivity index (χ1) is 26.0. The topological polar surface area (TPSA) is 102 Å². The summed E-state index contributed by atoms with van der Waals surface area (Å²) in [6.45, 7) is 3.32. The summed E-state index contributed by atoms with van der Waals surface area (Å²) in [6.07, 6.45) is 12.5. The van der Waals surface area contributed by atoms with Crippen molar-refractivity contribution in [2.24, 2.45) is 0 Å². The normalized spacial score (nSPS) is 14.9. The Bertz CT molecular complexity index is 1780. The molecule has 4 aromatic carbocycles. The molecule has 6 aromatic rings. The SMILES string of the molecule is C.C.CC(O)CC(C)O.[Ir].[Ir].[c-]1ccccc1-c1nnc(C2CCCCC2)n1-c1ccccc1.c1ccc(-c2nnc(C3CCCCC3)n2-c2ccccc2)cc1. The van der Waals surface area contributed by atoms with Gasteiger partial charge in [-0.15, -0.1) is 51.2 Å². The first kappa shape index (κ1) is 49.5. The number of hydrogen-bond acceptors (Lipinski definition) is 6. The van der Waals surface area contributed by atoms with Crippen LogP contribution in [0.1, 0.15) is 123 Å². The largest absolute Gasteiger partial charge is 0.393 e. The van der Waals surface area contributed by atoms with Crippen LogP contribution in [0, 0.1) is 6.07 Å². The van der Waals surface area contributed by atoms with E-state index in [0.717, 1.165) is 45.8 Å². The molecule has 10 heteroatoms. The van der Waals surface area contributed by atoms with E-state index in [4.69, 9.17) is 10.2 Å². The van der Waals surface area contributed by atoms with Crippen LogP contribution < -0.4 is 0 Å². The molecular formula is C47H61Ir2N6O2-. The number of benzene rings is 4. The van der Waals surface area contributed by atoms with E-state index in [0.29, 0.717) is 18.3 Å². The quantitative estimate of drug-likeness (QED) is 0.147. The predicted molar refractivity (Wildman–Crippen MR) is 226 cm³/mol. The van der Waals surface area contributed by atoms with Gasteiger partial charge in [0, 0.05) is 69.0 Å². The Kier molecular flexibility index (Phi) is 22.3. The average Bonchev–Trinajstić information content (AvgIpc) is 3.86. The monoisotopic (exact) mass is 1130 g/mol. The minimum Gasteiger partial charge on any atom is -0.393 e. The third kappa shape index (κ3) is 13.7. The molecule has 0 bridgehead atoms. The number of rotatable bonds is 8. The summed E-state index contributed by atoms with van der Waals surface area (Å²) in [6, 6.07) is 42.6. The van der Waals surface area contributed by atoms with Crippen molar-refractivity contribution in [3.63, 3.8) is 0 Å². The van der Waals surface area contributed by atoms with Crippen LogP contribution in [-0.4, -0.2) is 51.9 Å². The molecule has 2 heterocycles. The number of hydrogen-bond donors (Lipinski definition) is 2. The number of aromatic nitrogens is 6. The van der Waals surface area contributed by atoms with Crippen LogP contribution in [0.2, 0.25) is 0 Å². The molecule has 2 unspecified atom stereocenters. The summed E-state index contributed by atoms with van der Waals surface area (Å²) in [7, 11) is 0. The molecule has 0 aliphatic heterocycles. The maximum atomic E-state index is 8.56. The van der Waals surface area contributed by atoms with E-state index in [1.807, 2.05) is 36.4 Å². The standard InChI is InChI=1S/C20H21N3.C20H20N3.C5H12O2.2CH4.2Ir/c2*1-4-10-16(11-5-1)19-21-22-20(17-12-6-2-7-13-17)23(19)18-14-8-3-9-15-18;1-4(6)3-5(2)7;;;;/h1,3-5,8-11,14-15,17H,2,6-7,12-13H2;1,3-5,8-10,14-15,17H,2,6-7,12-13H2;4-7H,3H2,1-2H3;2*1H4;;/q;-1;;;;;. The Labute approximate surface area is 368 Å². The summed E-state index contributed by atoms with van der Waals surface area (Å²) in [5.74, 6) is 5.08. The van der Waals surface area contributed by atoms with E-state index in [9.17, 15) is 0 Å². The van der Waals surface area contributed by atoms with Crippen molar-refractivity contribution in [2.45, 2.75) is 123 Å². The molecule has 2 atom stereocenters. The van der Waals surface area contributed by atoms with Gasteiger partial charge in [0.1, 0.15) is 11.6 Å². The Morgan fingerprint density at radius 2 is 0.947 bits per heavy atom. The van der Waals surface area contributed by atoms with Crippen molar-refractivity contribution in [3.05, 3.63) is 133 Å². The maximum absolute atomic E-state index is 8.56. The zero-order valence-corrected chi connectivity index (χ0v) is 36.6.